The average Bonchev–Trinajstić information content (AvgIpc) is 2.49. The molecule has 0 amide bonds. The van der Waals surface area contributed by atoms with Crippen molar-refractivity contribution in [1.82, 2.24) is 0 Å². The number of nitrogens with zero attached hydrogens (tertiary/aromatic N) is 1. The van der Waals surface area contributed by atoms with Gasteiger partial charge in [0.25, 0.3) is 0 Å². The predicted molar refractivity (Wildman–Crippen MR) is 58.5 cm³/mol. The quantitative estimate of drug-likeness (QED) is 0.809. The molecule has 14 heavy (non-hydrogen) atoms. The molecule has 0 saturated heterocycles. The smallest absolute Gasteiger partial charge is 0.0832 e. The zero-order valence-electron chi connectivity index (χ0n) is 7.54. The van der Waals surface area contributed by atoms with E-state index in [-0.39, 0.29) is 5.75 Å². The van der Waals surface area contributed by atoms with Crippen molar-refractivity contribution in [2.75, 3.05) is 0 Å². The van der Waals surface area contributed by atoms with E-state index >= 15 is 0 Å². The first-order chi connectivity index (χ1) is 6.57. The maximum Gasteiger partial charge on any atom is 0.0832 e. The summed E-state index contributed by atoms with van der Waals surface area (Å²) < 4.78 is 25.6. The second-order valence-electron chi connectivity index (χ2n) is 3.29. The van der Waals surface area contributed by atoms with Crippen LogP contribution in [-0.2, 0) is 15.3 Å². The van der Waals surface area contributed by atoms with Crippen LogP contribution in [0.3, 0.4) is 0 Å². The van der Waals surface area contributed by atoms with Crippen LogP contribution in [0.4, 0.5) is 0 Å². The number of allylic oxidation sites excluding steroid dienone is 1. The third kappa shape index (κ3) is 1.81. The van der Waals surface area contributed by atoms with Crippen molar-refractivity contribution in [2.45, 2.75) is 5.75 Å². The highest BCUT2D eigenvalue weighted by molar-refractivity contribution is 8.16. The van der Waals surface area contributed by atoms with E-state index in [1.54, 1.807) is 0 Å². The van der Waals surface area contributed by atoms with Crippen molar-refractivity contribution >= 4 is 15.7 Å². The summed E-state index contributed by atoms with van der Waals surface area (Å²) >= 11 is 0. The summed E-state index contributed by atoms with van der Waals surface area (Å²) in [6.07, 6.45) is 2.88. The molecule has 2 rings (SSSR count). The predicted octanol–water partition coefficient (Wildman–Crippen LogP) is 1.99. The van der Waals surface area contributed by atoms with Gasteiger partial charge in [-0.25, -0.2) is 0 Å². The highest BCUT2D eigenvalue weighted by atomic mass is 32.3. The summed E-state index contributed by atoms with van der Waals surface area (Å²) in [4.78, 5) is 0. The summed E-state index contributed by atoms with van der Waals surface area (Å²) in [6.45, 7) is 0. The Labute approximate surface area is 82.5 Å². The summed E-state index contributed by atoms with van der Waals surface area (Å²) in [5.74, 6) is 0.0606. The van der Waals surface area contributed by atoms with Crippen LogP contribution in [0.5, 0.6) is 0 Å². The Morgan fingerprint density at radius 1 is 1.29 bits per heavy atom. The van der Waals surface area contributed by atoms with Gasteiger partial charge < -0.3 is 0 Å². The molecule has 0 bridgehead atoms. The molecule has 1 aliphatic rings. The molecule has 3 nitrogen and oxygen atoms in total. The van der Waals surface area contributed by atoms with Crippen LogP contribution in [0.25, 0.3) is 0 Å². The Kier molecular flexibility index (Phi) is 1.90. The summed E-state index contributed by atoms with van der Waals surface area (Å²) in [5.41, 5.74) is 0.815. The molecule has 1 heterocycles. The van der Waals surface area contributed by atoms with Crippen LogP contribution in [0.2, 0.25) is 0 Å². The van der Waals surface area contributed by atoms with E-state index in [2.05, 4.69) is 4.40 Å². The molecule has 1 aromatic carbocycles. The van der Waals surface area contributed by atoms with Gasteiger partial charge >= 0.3 is 0 Å². The highest BCUT2D eigenvalue weighted by Gasteiger charge is 2.24. The molecular formula is C10H11NO2S. The van der Waals surface area contributed by atoms with E-state index in [9.17, 15) is 8.76 Å². The molecule has 0 unspecified atom stereocenters. The molecule has 0 atom stereocenters. The van der Waals surface area contributed by atoms with Crippen molar-refractivity contribution in [3.63, 3.8) is 0 Å². The minimum Gasteiger partial charge on any atom is -0.281 e. The van der Waals surface area contributed by atoms with Gasteiger partial charge in [0.05, 0.1) is 5.75 Å². The lowest BCUT2D eigenvalue weighted by molar-refractivity contribution is 0.525. The molecule has 74 valence electrons. The lowest BCUT2D eigenvalue weighted by atomic mass is 10.2. The van der Waals surface area contributed by atoms with Gasteiger partial charge in [-0.15, -0.1) is 0 Å². The summed E-state index contributed by atoms with van der Waals surface area (Å²) in [7, 11) is -3.91. The van der Waals surface area contributed by atoms with Crippen LogP contribution in [0, 0.1) is 0 Å². The van der Waals surface area contributed by atoms with E-state index in [0.717, 1.165) is 5.56 Å². The third-order valence-electron chi connectivity index (χ3n) is 2.01. The Balaban J connectivity index is 2.33. The second-order valence-corrected chi connectivity index (χ2v) is 6.23. The molecule has 1 N–H and O–H groups in total. The fraction of sp³-hybridized carbons (Fsp3) is 0.100. The minimum absolute atomic E-state index is 0.0606. The second kappa shape index (κ2) is 2.87. The van der Waals surface area contributed by atoms with Crippen molar-refractivity contribution in [2.24, 2.45) is 4.40 Å². The molecule has 0 saturated carbocycles. The number of rotatable bonds is 2. The molecule has 1 aromatic rings. The number of benzene rings is 1. The topological polar surface area (TPSA) is 49.7 Å². The monoisotopic (exact) mass is 209 g/mol. The van der Waals surface area contributed by atoms with Crippen LogP contribution >= 0.6 is 0 Å². The van der Waals surface area contributed by atoms with Gasteiger partial charge in [0.2, 0.25) is 0 Å². The molecule has 4 heteroatoms. The van der Waals surface area contributed by atoms with E-state index in [4.69, 9.17) is 0 Å². The van der Waals surface area contributed by atoms with Crippen molar-refractivity contribution < 1.29 is 8.76 Å². The molecular weight excluding hydrogens is 198 g/mol. The molecule has 1 aliphatic heterocycles. The van der Waals surface area contributed by atoms with Crippen molar-refractivity contribution in [3.8, 4) is 0 Å². The van der Waals surface area contributed by atoms with E-state index < -0.39 is 9.53 Å². The normalized spacial score (nSPS) is 24.2. The first-order valence-electron chi connectivity index (χ1n) is 4.25. The molecule has 0 aromatic heterocycles. The first-order valence-corrected chi connectivity index (χ1v) is 6.36. The lowest BCUT2D eigenvalue weighted by Gasteiger charge is -2.32. The summed E-state index contributed by atoms with van der Waals surface area (Å²) in [6, 6.07) is 9.19. The minimum atomic E-state index is -3.91. The van der Waals surface area contributed by atoms with Crippen LogP contribution in [0.1, 0.15) is 5.56 Å². The van der Waals surface area contributed by atoms with Crippen LogP contribution in [0.15, 0.2) is 46.2 Å². The third-order valence-corrected chi connectivity index (χ3v) is 4.16. The summed E-state index contributed by atoms with van der Waals surface area (Å²) in [5, 5.41) is 1.28. The van der Waals surface area contributed by atoms with Crippen LogP contribution in [-0.4, -0.2) is 15.0 Å². The number of hydrogen-bond acceptors (Lipinski definition) is 1. The van der Waals surface area contributed by atoms with Gasteiger partial charge in [-0.05, 0) is 11.6 Å². The molecule has 0 aliphatic carbocycles. The SMILES string of the molecule is O=S1(O)(Cc2ccccc2)C=CC=N1. The molecule has 0 fully saturated rings. The van der Waals surface area contributed by atoms with Gasteiger partial charge in [-0.1, -0.05) is 39.9 Å². The Hall–Kier alpha value is -1.26. The highest BCUT2D eigenvalue weighted by Crippen LogP contribution is 2.32. The maximum absolute atomic E-state index is 12.0. The standard InChI is InChI=1S/C10H11NO2S/c12-14(13,8-4-7-11-14)9-10-5-2-1-3-6-10/h1-8H,9H2,(H,12,13). The average molecular weight is 209 g/mol. The van der Waals surface area contributed by atoms with Gasteiger partial charge in [-0.2, -0.15) is 8.61 Å². The largest absolute Gasteiger partial charge is 0.281 e. The number of hydrogen-bond donors (Lipinski definition) is 1. The van der Waals surface area contributed by atoms with Crippen molar-refractivity contribution in [3.05, 3.63) is 47.4 Å². The Morgan fingerprint density at radius 2 is 2.00 bits per heavy atom. The fourth-order valence-electron chi connectivity index (χ4n) is 1.37. The Bertz CT molecular complexity index is 446. The van der Waals surface area contributed by atoms with Gasteiger partial charge in [0.1, 0.15) is 0 Å². The van der Waals surface area contributed by atoms with Gasteiger partial charge in [0.15, 0.2) is 0 Å². The van der Waals surface area contributed by atoms with E-state index in [0.29, 0.717) is 0 Å². The van der Waals surface area contributed by atoms with E-state index in [1.807, 2.05) is 30.3 Å². The van der Waals surface area contributed by atoms with E-state index in [1.165, 1.54) is 17.7 Å². The molecule has 0 spiro atoms. The first kappa shape index (κ1) is 9.30. The van der Waals surface area contributed by atoms with Crippen LogP contribution < -0.4 is 0 Å². The lowest BCUT2D eigenvalue weighted by Crippen LogP contribution is -2.26. The Morgan fingerprint density at radius 3 is 2.57 bits per heavy atom. The van der Waals surface area contributed by atoms with Crippen molar-refractivity contribution in [1.29, 1.82) is 0 Å². The zero-order valence-corrected chi connectivity index (χ0v) is 8.35. The van der Waals surface area contributed by atoms with Gasteiger partial charge in [0, 0.05) is 11.6 Å². The molecule has 0 radical (unpaired) electrons. The zero-order chi connectivity index (χ0) is 10.1. The maximum atomic E-state index is 12.0. The van der Waals surface area contributed by atoms with Gasteiger partial charge in [-0.3, -0.25) is 4.55 Å². The fourth-order valence-corrected chi connectivity index (χ4v) is 3.14.